The summed E-state index contributed by atoms with van der Waals surface area (Å²) in [5, 5.41) is 3.94. The second-order valence-electron chi connectivity index (χ2n) is 7.81. The number of carbonyl (C=O) groups is 1. The van der Waals surface area contributed by atoms with E-state index in [1.54, 1.807) is 27.8 Å². The highest BCUT2D eigenvalue weighted by Crippen LogP contribution is 2.35. The van der Waals surface area contributed by atoms with E-state index >= 15 is 0 Å². The Hall–Kier alpha value is -2.84. The fourth-order valence-corrected chi connectivity index (χ4v) is 6.34. The van der Waals surface area contributed by atoms with Crippen molar-refractivity contribution in [2.45, 2.75) is 36.1 Å². The second-order valence-corrected chi connectivity index (χ2v) is 10.4. The summed E-state index contributed by atoms with van der Waals surface area (Å²) >= 11 is 6.19. The van der Waals surface area contributed by atoms with Gasteiger partial charge in [-0.05, 0) is 31.0 Å². The van der Waals surface area contributed by atoms with E-state index < -0.39 is 27.1 Å². The molecule has 32 heavy (non-hydrogen) atoms. The molecule has 0 unspecified atom stereocenters. The number of sulfone groups is 1. The molecule has 7 nitrogen and oxygen atoms in total. The van der Waals surface area contributed by atoms with Gasteiger partial charge >= 0.3 is 5.97 Å². The Kier molecular flexibility index (Phi) is 6.26. The topological polar surface area (TPSA) is 81.5 Å². The molecule has 1 saturated heterocycles. The first-order valence-corrected chi connectivity index (χ1v) is 12.1. The highest BCUT2D eigenvalue weighted by atomic mass is 35.5. The maximum Gasteiger partial charge on any atom is 0.328 e. The molecule has 1 aliphatic rings. The van der Waals surface area contributed by atoms with E-state index in [0.717, 1.165) is 11.3 Å². The lowest BCUT2D eigenvalue weighted by Crippen LogP contribution is -2.38. The van der Waals surface area contributed by atoms with Crippen LogP contribution in [0.5, 0.6) is 0 Å². The SMILES string of the molecule is COC(=O)[C@@H]1C[C@@H](S(=O)(=O)c2ccccc2Cl)CN1c1cc(C)nn1Cc1ccccc1. The van der Waals surface area contributed by atoms with Crippen molar-refractivity contribution in [2.24, 2.45) is 0 Å². The number of carbonyl (C=O) groups excluding carboxylic acids is 1. The van der Waals surface area contributed by atoms with Gasteiger partial charge in [-0.1, -0.05) is 54.1 Å². The zero-order chi connectivity index (χ0) is 22.9. The van der Waals surface area contributed by atoms with E-state index in [1.165, 1.54) is 13.2 Å². The summed E-state index contributed by atoms with van der Waals surface area (Å²) in [6.07, 6.45) is 0.107. The lowest BCUT2D eigenvalue weighted by Gasteiger charge is -2.25. The van der Waals surface area contributed by atoms with Gasteiger partial charge in [0.1, 0.15) is 11.9 Å². The number of hydrogen-bond donors (Lipinski definition) is 0. The number of hydrogen-bond acceptors (Lipinski definition) is 6. The first kappa shape index (κ1) is 22.4. The summed E-state index contributed by atoms with van der Waals surface area (Å²) in [4.78, 5) is 14.5. The van der Waals surface area contributed by atoms with Gasteiger partial charge in [0, 0.05) is 12.6 Å². The van der Waals surface area contributed by atoms with Crippen molar-refractivity contribution in [1.29, 1.82) is 0 Å². The lowest BCUT2D eigenvalue weighted by atomic mass is 10.2. The number of halogens is 1. The number of nitrogens with zero attached hydrogens (tertiary/aromatic N) is 3. The molecule has 0 aliphatic carbocycles. The molecule has 0 bridgehead atoms. The molecular weight excluding hydrogens is 450 g/mol. The third kappa shape index (κ3) is 4.25. The zero-order valence-corrected chi connectivity index (χ0v) is 19.4. The summed E-state index contributed by atoms with van der Waals surface area (Å²) in [5.74, 6) is 0.200. The maximum absolute atomic E-state index is 13.4. The van der Waals surface area contributed by atoms with Gasteiger partial charge in [-0.25, -0.2) is 17.9 Å². The Morgan fingerprint density at radius 3 is 2.53 bits per heavy atom. The third-order valence-corrected chi connectivity index (χ3v) is 8.30. The average molecular weight is 474 g/mol. The Labute approximate surface area is 192 Å². The minimum atomic E-state index is -3.76. The predicted octanol–water partition coefficient (Wildman–Crippen LogP) is 3.49. The van der Waals surface area contributed by atoms with Crippen LogP contribution in [-0.2, 0) is 25.9 Å². The maximum atomic E-state index is 13.4. The monoisotopic (exact) mass is 473 g/mol. The van der Waals surface area contributed by atoms with E-state index in [1.807, 2.05) is 43.3 Å². The van der Waals surface area contributed by atoms with Crippen LogP contribution in [0, 0.1) is 6.92 Å². The minimum Gasteiger partial charge on any atom is -0.467 e. The molecule has 2 atom stereocenters. The van der Waals surface area contributed by atoms with Crippen molar-refractivity contribution in [3.05, 3.63) is 76.9 Å². The second kappa shape index (κ2) is 8.96. The molecule has 2 heterocycles. The molecule has 3 aromatic rings. The first-order chi connectivity index (χ1) is 15.3. The summed E-state index contributed by atoms with van der Waals surface area (Å²) in [7, 11) is -2.45. The average Bonchev–Trinajstić information content (AvgIpc) is 3.38. The summed E-state index contributed by atoms with van der Waals surface area (Å²) in [6.45, 7) is 2.50. The van der Waals surface area contributed by atoms with E-state index in [-0.39, 0.29) is 22.9 Å². The molecule has 4 rings (SSSR count). The number of benzene rings is 2. The zero-order valence-electron chi connectivity index (χ0n) is 17.8. The highest BCUT2D eigenvalue weighted by Gasteiger charge is 2.45. The summed E-state index contributed by atoms with van der Waals surface area (Å²) in [6, 6.07) is 17.3. The smallest absolute Gasteiger partial charge is 0.328 e. The number of ether oxygens (including phenoxy) is 1. The summed E-state index contributed by atoms with van der Waals surface area (Å²) < 4.78 is 33.6. The van der Waals surface area contributed by atoms with Gasteiger partial charge in [0.25, 0.3) is 0 Å². The molecule has 9 heteroatoms. The molecule has 168 valence electrons. The molecule has 0 saturated carbocycles. The van der Waals surface area contributed by atoms with Crippen LogP contribution in [0.25, 0.3) is 0 Å². The largest absolute Gasteiger partial charge is 0.467 e. The van der Waals surface area contributed by atoms with E-state index in [9.17, 15) is 13.2 Å². The van der Waals surface area contributed by atoms with Crippen molar-refractivity contribution in [3.63, 3.8) is 0 Å². The number of aryl methyl sites for hydroxylation is 1. The lowest BCUT2D eigenvalue weighted by molar-refractivity contribution is -0.141. The van der Waals surface area contributed by atoms with Crippen molar-refractivity contribution in [2.75, 3.05) is 18.6 Å². The van der Waals surface area contributed by atoms with E-state index in [4.69, 9.17) is 16.3 Å². The van der Waals surface area contributed by atoms with Crippen molar-refractivity contribution < 1.29 is 17.9 Å². The minimum absolute atomic E-state index is 0.0751. The van der Waals surface area contributed by atoms with Crippen LogP contribution < -0.4 is 4.90 Å². The normalized spacial score (nSPS) is 18.7. The van der Waals surface area contributed by atoms with Crippen LogP contribution in [-0.4, -0.2) is 49.1 Å². The molecule has 1 aromatic heterocycles. The van der Waals surface area contributed by atoms with Crippen LogP contribution in [0.4, 0.5) is 5.82 Å². The quantitative estimate of drug-likeness (QED) is 0.510. The molecule has 0 N–H and O–H groups in total. The van der Waals surface area contributed by atoms with Crippen molar-refractivity contribution in [1.82, 2.24) is 9.78 Å². The van der Waals surface area contributed by atoms with Gasteiger partial charge in [-0.3, -0.25) is 0 Å². The molecule has 2 aromatic carbocycles. The van der Waals surface area contributed by atoms with E-state index in [0.29, 0.717) is 12.4 Å². The fourth-order valence-electron chi connectivity index (χ4n) is 4.13. The summed E-state index contributed by atoms with van der Waals surface area (Å²) in [5.41, 5.74) is 1.82. The van der Waals surface area contributed by atoms with Crippen LogP contribution in [0.2, 0.25) is 5.02 Å². The molecule has 1 fully saturated rings. The van der Waals surface area contributed by atoms with Gasteiger partial charge in [0.15, 0.2) is 9.84 Å². The number of methoxy groups -OCH3 is 1. The number of anilines is 1. The van der Waals surface area contributed by atoms with Gasteiger partial charge in [0.2, 0.25) is 0 Å². The van der Waals surface area contributed by atoms with Crippen LogP contribution >= 0.6 is 11.6 Å². The van der Waals surface area contributed by atoms with Gasteiger partial charge < -0.3 is 9.64 Å². The standard InChI is InChI=1S/C23H24ClN3O4S/c1-16-12-22(27(25-16)14-17-8-4-3-5-9-17)26-15-18(13-20(26)23(28)31-2)32(29,30)21-11-7-6-10-19(21)24/h3-12,18,20H,13-15H2,1-2H3/t18-,20+/m1/s1. The van der Waals surface area contributed by atoms with Crippen LogP contribution in [0.15, 0.2) is 65.6 Å². The molecule has 0 radical (unpaired) electrons. The Morgan fingerprint density at radius 2 is 1.84 bits per heavy atom. The van der Waals surface area contributed by atoms with Crippen LogP contribution in [0.1, 0.15) is 17.7 Å². The number of esters is 1. The fraction of sp³-hybridized carbons (Fsp3) is 0.304. The number of rotatable bonds is 6. The Bertz CT molecular complexity index is 1230. The number of aromatic nitrogens is 2. The third-order valence-electron chi connectivity index (χ3n) is 5.67. The molecule has 1 aliphatic heterocycles. The van der Waals surface area contributed by atoms with E-state index in [2.05, 4.69) is 5.10 Å². The predicted molar refractivity (Wildman–Crippen MR) is 123 cm³/mol. The Balaban J connectivity index is 1.71. The molecule has 0 spiro atoms. The van der Waals surface area contributed by atoms with Crippen LogP contribution in [0.3, 0.4) is 0 Å². The molecule has 0 amide bonds. The van der Waals surface area contributed by atoms with Crippen molar-refractivity contribution in [3.8, 4) is 0 Å². The first-order valence-electron chi connectivity index (χ1n) is 10.2. The van der Waals surface area contributed by atoms with Crippen molar-refractivity contribution >= 4 is 33.2 Å². The molecular formula is C23H24ClN3O4S. The van der Waals surface area contributed by atoms with Gasteiger partial charge in [-0.2, -0.15) is 5.10 Å². The Morgan fingerprint density at radius 1 is 1.16 bits per heavy atom. The van der Waals surface area contributed by atoms with Gasteiger partial charge in [0.05, 0.1) is 34.5 Å². The van der Waals surface area contributed by atoms with Gasteiger partial charge in [-0.15, -0.1) is 0 Å². The highest BCUT2D eigenvalue weighted by molar-refractivity contribution is 7.92.